The van der Waals surface area contributed by atoms with Crippen molar-refractivity contribution in [3.8, 4) is 5.75 Å². The Kier molecular flexibility index (Phi) is 5.04. The first-order chi connectivity index (χ1) is 11.6. The quantitative estimate of drug-likeness (QED) is 0.890. The van der Waals surface area contributed by atoms with Crippen LogP contribution in [0.25, 0.3) is 0 Å². The van der Waals surface area contributed by atoms with E-state index in [0.29, 0.717) is 5.56 Å². The van der Waals surface area contributed by atoms with Crippen LogP contribution < -0.4 is 15.0 Å². The van der Waals surface area contributed by atoms with Gasteiger partial charge in [0.15, 0.2) is 0 Å². The number of nitrogens with zero attached hydrogens (tertiary/aromatic N) is 1. The van der Waals surface area contributed by atoms with E-state index in [2.05, 4.69) is 10.2 Å². The molecule has 1 heterocycles. The zero-order valence-electron chi connectivity index (χ0n) is 14.3. The zero-order valence-corrected chi connectivity index (χ0v) is 14.3. The zero-order chi connectivity index (χ0) is 16.9. The lowest BCUT2D eigenvalue weighted by molar-refractivity contribution is 0.102. The standard InChI is InChI=1S/C20H24N2O2/c1-15(2)24-19-11-7-17(8-12-19)21-20(23)16-5-9-18(10-6-16)22-13-3-4-14-22/h5-12,15H,3-4,13-14H2,1-2H3,(H,21,23). The number of anilines is 2. The summed E-state index contributed by atoms with van der Waals surface area (Å²) in [6, 6.07) is 15.3. The molecule has 3 rings (SSSR count). The van der Waals surface area contributed by atoms with Crippen molar-refractivity contribution in [2.75, 3.05) is 23.3 Å². The molecular formula is C20H24N2O2. The van der Waals surface area contributed by atoms with Crippen molar-refractivity contribution in [3.05, 3.63) is 54.1 Å². The summed E-state index contributed by atoms with van der Waals surface area (Å²) in [4.78, 5) is 14.7. The van der Waals surface area contributed by atoms with E-state index < -0.39 is 0 Å². The molecule has 0 radical (unpaired) electrons. The van der Waals surface area contributed by atoms with Crippen molar-refractivity contribution in [1.29, 1.82) is 0 Å². The minimum Gasteiger partial charge on any atom is -0.491 e. The number of rotatable bonds is 5. The highest BCUT2D eigenvalue weighted by atomic mass is 16.5. The first kappa shape index (κ1) is 16.4. The predicted molar refractivity (Wildman–Crippen MR) is 98.0 cm³/mol. The summed E-state index contributed by atoms with van der Waals surface area (Å²) in [5.74, 6) is 0.707. The molecule has 1 saturated heterocycles. The summed E-state index contributed by atoms with van der Waals surface area (Å²) in [6.45, 7) is 6.19. The van der Waals surface area contributed by atoms with Gasteiger partial charge in [-0.25, -0.2) is 0 Å². The molecule has 0 aromatic heterocycles. The monoisotopic (exact) mass is 324 g/mol. The Morgan fingerprint density at radius 1 is 1.00 bits per heavy atom. The van der Waals surface area contributed by atoms with Crippen molar-refractivity contribution in [1.82, 2.24) is 0 Å². The number of hydrogen-bond donors (Lipinski definition) is 1. The van der Waals surface area contributed by atoms with Crippen LogP contribution in [0.15, 0.2) is 48.5 Å². The molecule has 24 heavy (non-hydrogen) atoms. The summed E-state index contributed by atoms with van der Waals surface area (Å²) < 4.78 is 5.60. The molecule has 0 saturated carbocycles. The van der Waals surface area contributed by atoms with E-state index >= 15 is 0 Å². The molecule has 126 valence electrons. The van der Waals surface area contributed by atoms with Crippen molar-refractivity contribution in [2.45, 2.75) is 32.8 Å². The molecule has 1 fully saturated rings. The first-order valence-corrected chi connectivity index (χ1v) is 8.55. The highest BCUT2D eigenvalue weighted by Crippen LogP contribution is 2.21. The Bertz CT molecular complexity index is 672. The molecule has 0 unspecified atom stereocenters. The summed E-state index contributed by atoms with van der Waals surface area (Å²) in [5, 5.41) is 2.92. The van der Waals surface area contributed by atoms with Crippen LogP contribution in [0.2, 0.25) is 0 Å². The van der Waals surface area contributed by atoms with Gasteiger partial charge in [-0.15, -0.1) is 0 Å². The molecule has 1 aliphatic rings. The van der Waals surface area contributed by atoms with E-state index in [4.69, 9.17) is 4.74 Å². The lowest BCUT2D eigenvalue weighted by Gasteiger charge is -2.17. The van der Waals surface area contributed by atoms with Crippen molar-refractivity contribution in [3.63, 3.8) is 0 Å². The number of carbonyl (C=O) groups excluding carboxylic acids is 1. The van der Waals surface area contributed by atoms with Gasteiger partial charge in [-0.05, 0) is 75.2 Å². The molecule has 4 nitrogen and oxygen atoms in total. The van der Waals surface area contributed by atoms with Gasteiger partial charge in [-0.1, -0.05) is 0 Å². The van der Waals surface area contributed by atoms with Crippen LogP contribution >= 0.6 is 0 Å². The van der Waals surface area contributed by atoms with Crippen LogP contribution in [0, 0.1) is 0 Å². The summed E-state index contributed by atoms with van der Waals surface area (Å²) in [5.41, 5.74) is 2.62. The minimum atomic E-state index is -0.0968. The van der Waals surface area contributed by atoms with E-state index in [1.165, 1.54) is 18.5 Å². The third kappa shape index (κ3) is 4.07. The highest BCUT2D eigenvalue weighted by Gasteiger charge is 2.13. The van der Waals surface area contributed by atoms with Gasteiger partial charge in [0.25, 0.3) is 5.91 Å². The predicted octanol–water partition coefficient (Wildman–Crippen LogP) is 4.33. The van der Waals surface area contributed by atoms with Crippen LogP contribution in [-0.2, 0) is 0 Å². The summed E-state index contributed by atoms with van der Waals surface area (Å²) in [7, 11) is 0. The highest BCUT2D eigenvalue weighted by molar-refractivity contribution is 6.04. The van der Waals surface area contributed by atoms with Gasteiger partial charge in [-0.3, -0.25) is 4.79 Å². The number of ether oxygens (including phenoxy) is 1. The molecule has 0 spiro atoms. The van der Waals surface area contributed by atoms with Crippen LogP contribution in [0.3, 0.4) is 0 Å². The third-order valence-electron chi connectivity index (χ3n) is 4.08. The fourth-order valence-corrected chi connectivity index (χ4v) is 2.89. The van der Waals surface area contributed by atoms with E-state index in [9.17, 15) is 4.79 Å². The minimum absolute atomic E-state index is 0.0968. The Morgan fingerprint density at radius 2 is 1.62 bits per heavy atom. The van der Waals surface area contributed by atoms with Gasteiger partial charge in [0.1, 0.15) is 5.75 Å². The molecule has 1 N–H and O–H groups in total. The van der Waals surface area contributed by atoms with Crippen LogP contribution in [0.4, 0.5) is 11.4 Å². The third-order valence-corrected chi connectivity index (χ3v) is 4.08. The Balaban J connectivity index is 1.61. The average molecular weight is 324 g/mol. The lowest BCUT2D eigenvalue weighted by Crippen LogP contribution is -2.18. The molecule has 2 aromatic rings. The van der Waals surface area contributed by atoms with Crippen molar-refractivity contribution in [2.24, 2.45) is 0 Å². The Hall–Kier alpha value is -2.49. The van der Waals surface area contributed by atoms with Crippen LogP contribution in [0.5, 0.6) is 5.75 Å². The second-order valence-electron chi connectivity index (χ2n) is 6.39. The first-order valence-electron chi connectivity index (χ1n) is 8.55. The lowest BCUT2D eigenvalue weighted by atomic mass is 10.1. The van der Waals surface area contributed by atoms with Gasteiger partial charge in [0, 0.05) is 30.0 Å². The van der Waals surface area contributed by atoms with Crippen LogP contribution in [0.1, 0.15) is 37.0 Å². The molecular weight excluding hydrogens is 300 g/mol. The normalized spacial score (nSPS) is 14.0. The van der Waals surface area contributed by atoms with Gasteiger partial charge in [0.2, 0.25) is 0 Å². The second kappa shape index (κ2) is 7.39. The summed E-state index contributed by atoms with van der Waals surface area (Å²) >= 11 is 0. The maximum atomic E-state index is 12.4. The van der Waals surface area contributed by atoms with Gasteiger partial charge < -0.3 is 15.0 Å². The summed E-state index contributed by atoms with van der Waals surface area (Å²) in [6.07, 6.45) is 2.64. The number of nitrogens with one attached hydrogen (secondary N) is 1. The SMILES string of the molecule is CC(C)Oc1ccc(NC(=O)c2ccc(N3CCCC3)cc2)cc1. The van der Waals surface area contributed by atoms with E-state index in [0.717, 1.165) is 24.5 Å². The largest absolute Gasteiger partial charge is 0.491 e. The van der Waals surface area contributed by atoms with E-state index in [1.54, 1.807) is 0 Å². The molecule has 2 aromatic carbocycles. The van der Waals surface area contributed by atoms with Gasteiger partial charge in [0.05, 0.1) is 6.10 Å². The number of amides is 1. The molecule has 0 atom stereocenters. The molecule has 0 aliphatic carbocycles. The Labute approximate surface area is 143 Å². The molecule has 0 bridgehead atoms. The Morgan fingerprint density at radius 3 is 2.21 bits per heavy atom. The van der Waals surface area contributed by atoms with E-state index in [-0.39, 0.29) is 12.0 Å². The average Bonchev–Trinajstić information content (AvgIpc) is 3.11. The van der Waals surface area contributed by atoms with Crippen molar-refractivity contribution < 1.29 is 9.53 Å². The maximum absolute atomic E-state index is 12.4. The second-order valence-corrected chi connectivity index (χ2v) is 6.39. The number of hydrogen-bond acceptors (Lipinski definition) is 3. The van der Waals surface area contributed by atoms with Crippen LogP contribution in [-0.4, -0.2) is 25.1 Å². The number of carbonyl (C=O) groups is 1. The smallest absolute Gasteiger partial charge is 0.255 e. The van der Waals surface area contributed by atoms with Gasteiger partial charge in [-0.2, -0.15) is 0 Å². The van der Waals surface area contributed by atoms with Crippen molar-refractivity contribution >= 4 is 17.3 Å². The maximum Gasteiger partial charge on any atom is 0.255 e. The fraction of sp³-hybridized carbons (Fsp3) is 0.350. The van der Waals surface area contributed by atoms with E-state index in [1.807, 2.05) is 62.4 Å². The molecule has 1 amide bonds. The van der Waals surface area contributed by atoms with Gasteiger partial charge >= 0.3 is 0 Å². The fourth-order valence-electron chi connectivity index (χ4n) is 2.89. The topological polar surface area (TPSA) is 41.6 Å². The molecule has 1 aliphatic heterocycles. The number of benzene rings is 2. The molecule has 4 heteroatoms.